The van der Waals surface area contributed by atoms with E-state index in [2.05, 4.69) is 5.32 Å². The molecule has 0 radical (unpaired) electrons. The summed E-state index contributed by atoms with van der Waals surface area (Å²) in [6.07, 6.45) is -0.844. The van der Waals surface area contributed by atoms with E-state index in [1.54, 1.807) is 0 Å². The molecule has 2 rings (SSSR count). The number of alkyl carbamates (subject to hydrolysis) is 1. The topological polar surface area (TPSA) is 111 Å². The van der Waals surface area contributed by atoms with E-state index in [9.17, 15) is 19.2 Å². The van der Waals surface area contributed by atoms with Crippen LogP contribution in [0.5, 0.6) is 0 Å². The van der Waals surface area contributed by atoms with Gasteiger partial charge in [-0.3, -0.25) is 19.7 Å². The van der Waals surface area contributed by atoms with Crippen LogP contribution >= 0.6 is 0 Å². The first kappa shape index (κ1) is 16.5. The summed E-state index contributed by atoms with van der Waals surface area (Å²) in [5, 5.41) is 4.43. The highest BCUT2D eigenvalue weighted by Crippen LogP contribution is 2.12. The number of hydrogen-bond donors (Lipinski definition) is 2. The van der Waals surface area contributed by atoms with E-state index in [4.69, 9.17) is 9.47 Å². The van der Waals surface area contributed by atoms with Crippen molar-refractivity contribution in [3.8, 4) is 0 Å². The number of imide groups is 1. The molecule has 1 aliphatic heterocycles. The molecule has 1 atom stereocenters. The third-order valence-electron chi connectivity index (χ3n) is 3.08. The molecule has 2 N–H and O–H groups in total. The Balaban J connectivity index is 1.59. The molecule has 1 saturated heterocycles. The van der Waals surface area contributed by atoms with Crippen LogP contribution < -0.4 is 10.6 Å². The molecular weight excluding hydrogens is 304 g/mol. The molecule has 3 amide bonds. The summed E-state index contributed by atoms with van der Waals surface area (Å²) >= 11 is 0. The van der Waals surface area contributed by atoms with Crippen LogP contribution in [0.1, 0.15) is 12.0 Å². The largest absolute Gasteiger partial charge is 0.463 e. The van der Waals surface area contributed by atoms with Crippen molar-refractivity contribution in [3.63, 3.8) is 0 Å². The second-order valence-electron chi connectivity index (χ2n) is 4.83. The SMILES string of the molecule is O=C1CC(C(=O)OCCNC(=O)OCc2ccccc2)C(=O)N1. The summed E-state index contributed by atoms with van der Waals surface area (Å²) in [6, 6.07) is 9.17. The summed E-state index contributed by atoms with van der Waals surface area (Å²) in [7, 11) is 0. The van der Waals surface area contributed by atoms with E-state index in [1.165, 1.54) is 0 Å². The minimum atomic E-state index is -1.10. The number of hydrogen-bond acceptors (Lipinski definition) is 6. The Kier molecular flexibility index (Phi) is 5.67. The third kappa shape index (κ3) is 5.10. The Morgan fingerprint density at radius 1 is 1.17 bits per heavy atom. The Morgan fingerprint density at radius 2 is 1.91 bits per heavy atom. The molecule has 1 fully saturated rings. The van der Waals surface area contributed by atoms with Gasteiger partial charge in [0.2, 0.25) is 11.8 Å². The number of rotatable bonds is 6. The molecule has 0 spiro atoms. The minimum absolute atomic E-state index is 0.0433. The highest BCUT2D eigenvalue weighted by atomic mass is 16.6. The van der Waals surface area contributed by atoms with Gasteiger partial charge in [0.1, 0.15) is 19.1 Å². The Labute approximate surface area is 132 Å². The van der Waals surface area contributed by atoms with Crippen molar-refractivity contribution in [1.29, 1.82) is 0 Å². The average molecular weight is 320 g/mol. The molecule has 0 aromatic heterocycles. The fraction of sp³-hybridized carbons (Fsp3) is 0.333. The second-order valence-corrected chi connectivity index (χ2v) is 4.83. The van der Waals surface area contributed by atoms with E-state index >= 15 is 0 Å². The third-order valence-corrected chi connectivity index (χ3v) is 3.08. The molecule has 0 saturated carbocycles. The summed E-state index contributed by atoms with van der Waals surface area (Å²) in [5.74, 6) is -3.05. The Bertz CT molecular complexity index is 601. The van der Waals surface area contributed by atoms with Crippen LogP contribution in [0.2, 0.25) is 0 Å². The van der Waals surface area contributed by atoms with Crippen LogP contribution in [-0.4, -0.2) is 37.0 Å². The van der Waals surface area contributed by atoms with Crippen LogP contribution in [0, 0.1) is 5.92 Å². The van der Waals surface area contributed by atoms with Crippen LogP contribution in [0.15, 0.2) is 30.3 Å². The van der Waals surface area contributed by atoms with Gasteiger partial charge in [0.15, 0.2) is 0 Å². The van der Waals surface area contributed by atoms with Gasteiger partial charge in [-0.2, -0.15) is 0 Å². The van der Waals surface area contributed by atoms with Crippen molar-refractivity contribution < 1.29 is 28.7 Å². The molecule has 0 aliphatic carbocycles. The maximum absolute atomic E-state index is 11.6. The number of carbonyl (C=O) groups is 4. The van der Waals surface area contributed by atoms with Crippen LogP contribution in [0.25, 0.3) is 0 Å². The van der Waals surface area contributed by atoms with Crippen molar-refractivity contribution in [2.24, 2.45) is 5.92 Å². The molecule has 1 aromatic rings. The Hall–Kier alpha value is -2.90. The van der Waals surface area contributed by atoms with Gasteiger partial charge in [0.25, 0.3) is 0 Å². The zero-order valence-electron chi connectivity index (χ0n) is 12.2. The highest BCUT2D eigenvalue weighted by Gasteiger charge is 2.37. The number of esters is 1. The highest BCUT2D eigenvalue weighted by molar-refractivity contribution is 6.12. The fourth-order valence-corrected chi connectivity index (χ4v) is 1.92. The van der Waals surface area contributed by atoms with Gasteiger partial charge in [0, 0.05) is 6.42 Å². The second kappa shape index (κ2) is 7.92. The fourth-order valence-electron chi connectivity index (χ4n) is 1.92. The molecule has 1 heterocycles. The van der Waals surface area contributed by atoms with Crippen molar-refractivity contribution in [2.45, 2.75) is 13.0 Å². The number of benzene rings is 1. The molecule has 1 unspecified atom stereocenters. The molecule has 1 aliphatic rings. The monoisotopic (exact) mass is 320 g/mol. The lowest BCUT2D eigenvalue weighted by Crippen LogP contribution is -2.31. The van der Waals surface area contributed by atoms with E-state index in [0.29, 0.717) is 0 Å². The summed E-state index contributed by atoms with van der Waals surface area (Å²) in [5.41, 5.74) is 0.853. The van der Waals surface area contributed by atoms with E-state index in [1.807, 2.05) is 35.6 Å². The molecule has 8 heteroatoms. The van der Waals surface area contributed by atoms with Crippen molar-refractivity contribution in [3.05, 3.63) is 35.9 Å². The van der Waals surface area contributed by atoms with Gasteiger partial charge in [-0.05, 0) is 5.56 Å². The van der Waals surface area contributed by atoms with E-state index < -0.39 is 29.8 Å². The van der Waals surface area contributed by atoms with Gasteiger partial charge in [0.05, 0.1) is 6.54 Å². The van der Waals surface area contributed by atoms with Gasteiger partial charge >= 0.3 is 12.1 Å². The van der Waals surface area contributed by atoms with Crippen molar-refractivity contribution in [2.75, 3.05) is 13.2 Å². The predicted octanol–water partition coefficient (Wildman–Crippen LogP) is 0.119. The van der Waals surface area contributed by atoms with Crippen LogP contribution in [-0.2, 0) is 30.5 Å². The number of nitrogens with one attached hydrogen (secondary N) is 2. The molecule has 1 aromatic carbocycles. The number of amides is 3. The first-order valence-electron chi connectivity index (χ1n) is 7.01. The van der Waals surface area contributed by atoms with Gasteiger partial charge in [-0.1, -0.05) is 30.3 Å². The van der Waals surface area contributed by atoms with E-state index in [-0.39, 0.29) is 26.2 Å². The average Bonchev–Trinajstić information content (AvgIpc) is 2.89. The maximum atomic E-state index is 11.6. The van der Waals surface area contributed by atoms with Crippen molar-refractivity contribution in [1.82, 2.24) is 10.6 Å². The first-order chi connectivity index (χ1) is 11.1. The lowest BCUT2D eigenvalue weighted by molar-refractivity contribution is -0.151. The van der Waals surface area contributed by atoms with Gasteiger partial charge in [-0.15, -0.1) is 0 Å². The summed E-state index contributed by atoms with van der Waals surface area (Å²) in [4.78, 5) is 45.2. The lowest BCUT2D eigenvalue weighted by atomic mass is 10.1. The predicted molar refractivity (Wildman–Crippen MR) is 76.8 cm³/mol. The number of carbonyl (C=O) groups excluding carboxylic acids is 4. The Morgan fingerprint density at radius 3 is 2.57 bits per heavy atom. The zero-order valence-corrected chi connectivity index (χ0v) is 12.2. The summed E-state index contributed by atoms with van der Waals surface area (Å²) in [6.45, 7) is 0.0652. The van der Waals surface area contributed by atoms with Crippen LogP contribution in [0.4, 0.5) is 4.79 Å². The minimum Gasteiger partial charge on any atom is -0.463 e. The van der Waals surface area contributed by atoms with Crippen LogP contribution in [0.3, 0.4) is 0 Å². The molecule has 122 valence electrons. The quantitative estimate of drug-likeness (QED) is 0.333. The number of ether oxygens (including phenoxy) is 2. The smallest absolute Gasteiger partial charge is 0.407 e. The normalized spacial score (nSPS) is 16.6. The lowest BCUT2D eigenvalue weighted by Gasteiger charge is -2.09. The standard InChI is InChI=1S/C15H16N2O6/c18-12-8-11(13(19)17-12)14(20)22-7-6-16-15(21)23-9-10-4-2-1-3-5-10/h1-5,11H,6-9H2,(H,16,21)(H,17,18,19). The first-order valence-corrected chi connectivity index (χ1v) is 7.01. The zero-order chi connectivity index (χ0) is 16.7. The molecular formula is C15H16N2O6. The molecule has 8 nitrogen and oxygen atoms in total. The molecule has 0 bridgehead atoms. The molecule has 23 heavy (non-hydrogen) atoms. The van der Waals surface area contributed by atoms with Crippen molar-refractivity contribution >= 4 is 23.9 Å². The van der Waals surface area contributed by atoms with Gasteiger partial charge < -0.3 is 14.8 Å². The maximum Gasteiger partial charge on any atom is 0.407 e. The summed E-state index contributed by atoms with van der Waals surface area (Å²) < 4.78 is 9.80. The van der Waals surface area contributed by atoms with Gasteiger partial charge in [-0.25, -0.2) is 4.79 Å². The van der Waals surface area contributed by atoms with E-state index in [0.717, 1.165) is 5.56 Å².